The number of amides is 1. The van der Waals surface area contributed by atoms with Crippen LogP contribution in [0, 0.1) is 11.3 Å². The molecule has 2 saturated heterocycles. The number of hydrogen-bond donors (Lipinski definition) is 2. The van der Waals surface area contributed by atoms with Crippen LogP contribution in [-0.2, 0) is 4.79 Å². The van der Waals surface area contributed by atoms with Gasteiger partial charge in [0.25, 0.3) is 0 Å². The second-order valence-corrected chi connectivity index (χ2v) is 7.80. The maximum atomic E-state index is 12.5. The topological polar surface area (TPSA) is 44.4 Å². The molecule has 4 aliphatic rings. The largest absolute Gasteiger partial charge is 0.352 e. The van der Waals surface area contributed by atoms with E-state index in [1.54, 1.807) is 0 Å². The van der Waals surface area contributed by atoms with Crippen molar-refractivity contribution in [2.24, 2.45) is 11.3 Å². The molecule has 2 saturated carbocycles. The van der Waals surface area contributed by atoms with Crippen LogP contribution in [0.1, 0.15) is 51.4 Å². The molecule has 1 spiro atoms. The van der Waals surface area contributed by atoms with Crippen molar-refractivity contribution >= 4 is 5.91 Å². The molecule has 2 atom stereocenters. The average molecular weight is 291 g/mol. The van der Waals surface area contributed by atoms with Crippen molar-refractivity contribution in [1.82, 2.24) is 15.5 Å². The summed E-state index contributed by atoms with van der Waals surface area (Å²) in [5, 5.41) is 6.78. The van der Waals surface area contributed by atoms with Crippen molar-refractivity contribution in [3.8, 4) is 0 Å². The van der Waals surface area contributed by atoms with Crippen LogP contribution >= 0.6 is 0 Å². The molecular weight excluding hydrogens is 262 g/mol. The van der Waals surface area contributed by atoms with Gasteiger partial charge in [-0.25, -0.2) is 0 Å². The van der Waals surface area contributed by atoms with Gasteiger partial charge in [-0.15, -0.1) is 0 Å². The van der Waals surface area contributed by atoms with Gasteiger partial charge in [0.05, 0.1) is 0 Å². The van der Waals surface area contributed by atoms with Crippen LogP contribution in [0.3, 0.4) is 0 Å². The number of hydrogen-bond acceptors (Lipinski definition) is 3. The smallest absolute Gasteiger partial charge is 0.223 e. The summed E-state index contributed by atoms with van der Waals surface area (Å²) in [6.07, 6.45) is 10.2. The molecule has 2 unspecified atom stereocenters. The Labute approximate surface area is 128 Å². The van der Waals surface area contributed by atoms with Crippen LogP contribution in [-0.4, -0.2) is 49.1 Å². The second-order valence-electron chi connectivity index (χ2n) is 7.80. The van der Waals surface area contributed by atoms with Crippen LogP contribution < -0.4 is 10.6 Å². The standard InChI is InChI=1S/C17H29N3O/c21-16(15-11-17(15)6-8-18-9-7-17)19-13-5-10-20(12-13)14-3-1-2-4-14/h13-15,18H,1-12H2,(H,19,21). The summed E-state index contributed by atoms with van der Waals surface area (Å²) >= 11 is 0. The zero-order valence-electron chi connectivity index (χ0n) is 13.1. The molecule has 21 heavy (non-hydrogen) atoms. The van der Waals surface area contributed by atoms with Gasteiger partial charge in [-0.3, -0.25) is 9.69 Å². The molecule has 0 radical (unpaired) electrons. The predicted octanol–water partition coefficient (Wildman–Crippen LogP) is 1.51. The van der Waals surface area contributed by atoms with Crippen LogP contribution in [0.4, 0.5) is 0 Å². The zero-order valence-corrected chi connectivity index (χ0v) is 13.1. The van der Waals surface area contributed by atoms with E-state index in [1.807, 2.05) is 0 Å². The van der Waals surface area contributed by atoms with Gasteiger partial charge in [-0.2, -0.15) is 0 Å². The molecule has 0 aromatic rings. The third-order valence-electron chi connectivity index (χ3n) is 6.51. The molecule has 4 fully saturated rings. The Hall–Kier alpha value is -0.610. The van der Waals surface area contributed by atoms with Gasteiger partial charge in [-0.1, -0.05) is 12.8 Å². The molecule has 2 aliphatic heterocycles. The molecule has 2 heterocycles. The molecule has 2 aliphatic carbocycles. The fourth-order valence-electron chi connectivity index (χ4n) is 5.00. The van der Waals surface area contributed by atoms with Crippen LogP contribution in [0.2, 0.25) is 0 Å². The highest BCUT2D eigenvalue weighted by Crippen LogP contribution is 2.58. The first-order chi connectivity index (χ1) is 10.3. The molecule has 118 valence electrons. The molecular formula is C17H29N3O. The predicted molar refractivity (Wildman–Crippen MR) is 83.0 cm³/mol. The van der Waals surface area contributed by atoms with E-state index in [0.29, 0.717) is 23.3 Å². The molecule has 4 rings (SSSR count). The fourth-order valence-corrected chi connectivity index (χ4v) is 5.00. The SMILES string of the molecule is O=C(NC1CCN(C2CCCC2)C1)C1CC12CCNCC2. The summed E-state index contributed by atoms with van der Waals surface area (Å²) in [7, 11) is 0. The van der Waals surface area contributed by atoms with E-state index in [9.17, 15) is 4.79 Å². The third kappa shape index (κ3) is 2.72. The average Bonchev–Trinajstić information content (AvgIpc) is 2.93. The minimum absolute atomic E-state index is 0.320. The van der Waals surface area contributed by atoms with Crippen molar-refractivity contribution in [2.45, 2.75) is 63.5 Å². The van der Waals surface area contributed by atoms with Crippen molar-refractivity contribution in [3.05, 3.63) is 0 Å². The Bertz CT molecular complexity index is 399. The van der Waals surface area contributed by atoms with Gasteiger partial charge in [0.2, 0.25) is 5.91 Å². The first-order valence-corrected chi connectivity index (χ1v) is 9.02. The highest BCUT2D eigenvalue weighted by Gasteiger charge is 2.57. The molecule has 0 aromatic carbocycles. The molecule has 1 amide bonds. The van der Waals surface area contributed by atoms with Crippen LogP contribution in [0.15, 0.2) is 0 Å². The summed E-state index contributed by atoms with van der Waals surface area (Å²) in [5.74, 6) is 0.676. The van der Waals surface area contributed by atoms with E-state index in [0.717, 1.165) is 38.5 Å². The number of nitrogens with zero attached hydrogens (tertiary/aromatic N) is 1. The molecule has 0 aromatic heterocycles. The number of piperidine rings is 1. The number of rotatable bonds is 3. The highest BCUT2D eigenvalue weighted by atomic mass is 16.2. The van der Waals surface area contributed by atoms with Crippen molar-refractivity contribution in [2.75, 3.05) is 26.2 Å². The van der Waals surface area contributed by atoms with Crippen LogP contribution in [0.25, 0.3) is 0 Å². The molecule has 4 heteroatoms. The van der Waals surface area contributed by atoms with Gasteiger partial charge >= 0.3 is 0 Å². The Balaban J connectivity index is 1.26. The fraction of sp³-hybridized carbons (Fsp3) is 0.941. The maximum absolute atomic E-state index is 12.5. The lowest BCUT2D eigenvalue weighted by Crippen LogP contribution is -2.41. The van der Waals surface area contributed by atoms with Gasteiger partial charge in [0.15, 0.2) is 0 Å². The Morgan fingerprint density at radius 1 is 1.14 bits per heavy atom. The van der Waals surface area contributed by atoms with E-state index in [4.69, 9.17) is 0 Å². The van der Waals surface area contributed by atoms with Crippen molar-refractivity contribution < 1.29 is 4.79 Å². The van der Waals surface area contributed by atoms with E-state index >= 15 is 0 Å². The van der Waals surface area contributed by atoms with E-state index in [2.05, 4.69) is 15.5 Å². The highest BCUT2D eigenvalue weighted by molar-refractivity contribution is 5.83. The maximum Gasteiger partial charge on any atom is 0.223 e. The third-order valence-corrected chi connectivity index (χ3v) is 6.51. The quantitative estimate of drug-likeness (QED) is 0.828. The minimum atomic E-state index is 0.320. The Morgan fingerprint density at radius 2 is 1.90 bits per heavy atom. The Kier molecular flexibility index (Phi) is 3.70. The van der Waals surface area contributed by atoms with Gasteiger partial charge in [0.1, 0.15) is 0 Å². The van der Waals surface area contributed by atoms with Gasteiger partial charge in [-0.05, 0) is 57.0 Å². The summed E-state index contributed by atoms with van der Waals surface area (Å²) in [6, 6.07) is 1.22. The monoisotopic (exact) mass is 291 g/mol. The molecule has 2 N–H and O–H groups in total. The summed E-state index contributed by atoms with van der Waals surface area (Å²) in [5.41, 5.74) is 0.374. The minimum Gasteiger partial charge on any atom is -0.352 e. The lowest BCUT2D eigenvalue weighted by Gasteiger charge is -2.25. The number of likely N-dealkylation sites (tertiary alicyclic amines) is 1. The number of carbonyl (C=O) groups excluding carboxylic acids is 1. The first kappa shape index (κ1) is 14.0. The van der Waals surface area contributed by atoms with E-state index in [-0.39, 0.29) is 0 Å². The normalized spacial score (nSPS) is 36.2. The van der Waals surface area contributed by atoms with Gasteiger partial charge < -0.3 is 10.6 Å². The van der Waals surface area contributed by atoms with E-state index in [1.165, 1.54) is 45.1 Å². The lowest BCUT2D eigenvalue weighted by atomic mass is 9.91. The zero-order chi connectivity index (χ0) is 14.3. The number of nitrogens with one attached hydrogen (secondary N) is 2. The summed E-state index contributed by atoms with van der Waals surface area (Å²) < 4.78 is 0. The molecule has 4 nitrogen and oxygen atoms in total. The lowest BCUT2D eigenvalue weighted by molar-refractivity contribution is -0.123. The second kappa shape index (κ2) is 5.54. The summed E-state index contributed by atoms with van der Waals surface area (Å²) in [6.45, 7) is 4.48. The van der Waals surface area contributed by atoms with Gasteiger partial charge in [0, 0.05) is 31.1 Å². The van der Waals surface area contributed by atoms with E-state index < -0.39 is 0 Å². The summed E-state index contributed by atoms with van der Waals surface area (Å²) in [4.78, 5) is 15.1. The van der Waals surface area contributed by atoms with Crippen LogP contribution in [0.5, 0.6) is 0 Å². The molecule has 0 bridgehead atoms. The first-order valence-electron chi connectivity index (χ1n) is 9.02. The van der Waals surface area contributed by atoms with Crippen molar-refractivity contribution in [3.63, 3.8) is 0 Å². The van der Waals surface area contributed by atoms with Crippen molar-refractivity contribution in [1.29, 1.82) is 0 Å². The number of carbonyl (C=O) groups is 1. The Morgan fingerprint density at radius 3 is 2.67 bits per heavy atom.